The topological polar surface area (TPSA) is 73.5 Å². The Morgan fingerprint density at radius 1 is 1.11 bits per heavy atom. The lowest BCUT2D eigenvalue weighted by Gasteiger charge is -2.38. The Kier molecular flexibility index (Phi) is 8.10. The lowest BCUT2D eigenvalue weighted by molar-refractivity contribution is 0.0956. The molecule has 0 aromatic heterocycles. The molecule has 1 aliphatic rings. The molecule has 27 heavy (non-hydrogen) atoms. The van der Waals surface area contributed by atoms with Crippen LogP contribution in [-0.2, 0) is 0 Å². The Balaban J connectivity index is 1.84. The highest BCUT2D eigenvalue weighted by Gasteiger charge is 2.25. The summed E-state index contributed by atoms with van der Waals surface area (Å²) >= 11 is 0. The fraction of sp³-hybridized carbons (Fsp3) is 0.619. The van der Waals surface area contributed by atoms with Crippen LogP contribution < -0.4 is 16.0 Å². The molecule has 1 aliphatic heterocycles. The van der Waals surface area contributed by atoms with Crippen molar-refractivity contribution < 1.29 is 9.59 Å². The van der Waals surface area contributed by atoms with Gasteiger partial charge in [-0.3, -0.25) is 9.69 Å². The molecule has 0 spiro atoms. The van der Waals surface area contributed by atoms with Crippen LogP contribution in [0.25, 0.3) is 0 Å². The standard InChI is InChI=1S/C21H34N4O2/c1-5-22-20(26)17-6-8-18(9-7-17)24-21(27)23-14-19(15(2)3)25-12-10-16(4)11-13-25/h6-9,15-16,19H,5,10-14H2,1-4H3,(H,22,26)(H2,23,24,27). The molecular weight excluding hydrogens is 340 g/mol. The molecule has 1 unspecified atom stereocenters. The summed E-state index contributed by atoms with van der Waals surface area (Å²) in [6, 6.07) is 7.06. The third-order valence-corrected chi connectivity index (χ3v) is 5.27. The highest BCUT2D eigenvalue weighted by molar-refractivity contribution is 5.95. The van der Waals surface area contributed by atoms with Gasteiger partial charge in [0.1, 0.15) is 0 Å². The average Bonchev–Trinajstić information content (AvgIpc) is 2.64. The zero-order chi connectivity index (χ0) is 19.8. The van der Waals surface area contributed by atoms with E-state index in [4.69, 9.17) is 0 Å². The summed E-state index contributed by atoms with van der Waals surface area (Å²) in [5.41, 5.74) is 1.26. The molecular formula is C21H34N4O2. The van der Waals surface area contributed by atoms with Crippen LogP contribution in [0, 0.1) is 11.8 Å². The minimum atomic E-state index is -0.211. The third-order valence-electron chi connectivity index (χ3n) is 5.27. The highest BCUT2D eigenvalue weighted by atomic mass is 16.2. The quantitative estimate of drug-likeness (QED) is 0.685. The third kappa shape index (κ3) is 6.54. The summed E-state index contributed by atoms with van der Waals surface area (Å²) in [6.45, 7) is 12.1. The number of amides is 3. The van der Waals surface area contributed by atoms with Crippen LogP contribution >= 0.6 is 0 Å². The first-order valence-electron chi connectivity index (χ1n) is 10.1. The normalized spacial score (nSPS) is 16.8. The smallest absolute Gasteiger partial charge is 0.319 e. The van der Waals surface area contributed by atoms with Crippen LogP contribution in [0.1, 0.15) is 50.9 Å². The van der Waals surface area contributed by atoms with Gasteiger partial charge in [-0.1, -0.05) is 20.8 Å². The van der Waals surface area contributed by atoms with Gasteiger partial charge >= 0.3 is 6.03 Å². The van der Waals surface area contributed by atoms with Crippen molar-refractivity contribution in [3.63, 3.8) is 0 Å². The Hall–Kier alpha value is -2.08. The van der Waals surface area contributed by atoms with Crippen molar-refractivity contribution in [2.45, 2.75) is 46.6 Å². The minimum absolute atomic E-state index is 0.107. The molecule has 0 radical (unpaired) electrons. The van der Waals surface area contributed by atoms with Crippen molar-refractivity contribution in [1.82, 2.24) is 15.5 Å². The van der Waals surface area contributed by atoms with E-state index >= 15 is 0 Å². The van der Waals surface area contributed by atoms with Crippen LogP contribution in [0.4, 0.5) is 10.5 Å². The fourth-order valence-electron chi connectivity index (χ4n) is 3.49. The van der Waals surface area contributed by atoms with E-state index in [1.165, 1.54) is 12.8 Å². The van der Waals surface area contributed by atoms with Gasteiger partial charge in [-0.25, -0.2) is 4.79 Å². The maximum atomic E-state index is 12.3. The number of nitrogens with one attached hydrogen (secondary N) is 3. The molecule has 0 bridgehead atoms. The number of urea groups is 1. The van der Waals surface area contributed by atoms with Gasteiger partial charge in [0.05, 0.1) is 0 Å². The molecule has 3 N–H and O–H groups in total. The van der Waals surface area contributed by atoms with Gasteiger partial charge in [-0.2, -0.15) is 0 Å². The van der Waals surface area contributed by atoms with E-state index in [1.54, 1.807) is 24.3 Å². The molecule has 3 amide bonds. The summed E-state index contributed by atoms with van der Waals surface area (Å²) in [5.74, 6) is 1.17. The van der Waals surface area contributed by atoms with Crippen LogP contribution in [0.3, 0.4) is 0 Å². The Morgan fingerprint density at radius 2 is 1.74 bits per heavy atom. The van der Waals surface area contributed by atoms with Crippen LogP contribution in [0.15, 0.2) is 24.3 Å². The van der Waals surface area contributed by atoms with Gasteiger partial charge < -0.3 is 16.0 Å². The summed E-state index contributed by atoms with van der Waals surface area (Å²) in [5, 5.41) is 8.61. The van der Waals surface area contributed by atoms with Gasteiger partial charge in [0.15, 0.2) is 0 Å². The van der Waals surface area contributed by atoms with E-state index in [1.807, 2.05) is 6.92 Å². The molecule has 1 heterocycles. The predicted octanol–water partition coefficient (Wildman–Crippen LogP) is 3.31. The molecule has 1 aromatic carbocycles. The molecule has 1 aromatic rings. The number of likely N-dealkylation sites (tertiary alicyclic amines) is 1. The van der Waals surface area contributed by atoms with E-state index in [0.29, 0.717) is 36.3 Å². The molecule has 150 valence electrons. The second-order valence-corrected chi connectivity index (χ2v) is 7.80. The number of anilines is 1. The summed E-state index contributed by atoms with van der Waals surface area (Å²) in [6.07, 6.45) is 2.46. The van der Waals surface area contributed by atoms with Crippen LogP contribution in [-0.4, -0.2) is 49.1 Å². The van der Waals surface area contributed by atoms with Crippen LogP contribution in [0.2, 0.25) is 0 Å². The molecule has 1 saturated heterocycles. The number of hydrogen-bond donors (Lipinski definition) is 3. The zero-order valence-corrected chi connectivity index (χ0v) is 17.0. The van der Waals surface area contributed by atoms with Crippen molar-refractivity contribution in [3.8, 4) is 0 Å². The van der Waals surface area contributed by atoms with E-state index in [9.17, 15) is 9.59 Å². The predicted molar refractivity (Wildman–Crippen MR) is 110 cm³/mol. The molecule has 1 fully saturated rings. The van der Waals surface area contributed by atoms with Gasteiger partial charge in [-0.15, -0.1) is 0 Å². The van der Waals surface area contributed by atoms with E-state index in [0.717, 1.165) is 19.0 Å². The number of rotatable bonds is 7. The van der Waals surface area contributed by atoms with Crippen molar-refractivity contribution in [1.29, 1.82) is 0 Å². The van der Waals surface area contributed by atoms with Crippen molar-refractivity contribution in [3.05, 3.63) is 29.8 Å². The van der Waals surface area contributed by atoms with E-state index in [-0.39, 0.29) is 11.9 Å². The maximum Gasteiger partial charge on any atom is 0.319 e. The van der Waals surface area contributed by atoms with Gasteiger partial charge in [0.2, 0.25) is 0 Å². The average molecular weight is 375 g/mol. The number of nitrogens with zero attached hydrogens (tertiary/aromatic N) is 1. The van der Waals surface area contributed by atoms with Crippen LogP contribution in [0.5, 0.6) is 0 Å². The minimum Gasteiger partial charge on any atom is -0.352 e. The number of carbonyl (C=O) groups excluding carboxylic acids is 2. The first-order chi connectivity index (χ1) is 12.9. The number of benzene rings is 1. The first-order valence-corrected chi connectivity index (χ1v) is 10.1. The summed E-state index contributed by atoms with van der Waals surface area (Å²) in [4.78, 5) is 26.6. The monoisotopic (exact) mass is 374 g/mol. The van der Waals surface area contributed by atoms with Crippen molar-refractivity contribution in [2.24, 2.45) is 11.8 Å². The zero-order valence-electron chi connectivity index (χ0n) is 17.0. The Bertz CT molecular complexity index is 607. The molecule has 0 saturated carbocycles. The number of carbonyl (C=O) groups is 2. The number of hydrogen-bond acceptors (Lipinski definition) is 3. The SMILES string of the molecule is CCNC(=O)c1ccc(NC(=O)NCC(C(C)C)N2CCC(C)CC2)cc1. The van der Waals surface area contributed by atoms with Gasteiger partial charge in [-0.05, 0) is 69.0 Å². The van der Waals surface area contributed by atoms with E-state index in [2.05, 4.69) is 41.6 Å². The summed E-state index contributed by atoms with van der Waals surface area (Å²) < 4.78 is 0. The molecule has 6 nitrogen and oxygen atoms in total. The second kappa shape index (κ2) is 10.3. The second-order valence-electron chi connectivity index (χ2n) is 7.80. The summed E-state index contributed by atoms with van der Waals surface area (Å²) in [7, 11) is 0. The van der Waals surface area contributed by atoms with E-state index < -0.39 is 0 Å². The lowest BCUT2D eigenvalue weighted by atomic mass is 9.94. The maximum absolute atomic E-state index is 12.3. The van der Waals surface area contributed by atoms with Gasteiger partial charge in [0.25, 0.3) is 5.91 Å². The lowest BCUT2D eigenvalue weighted by Crippen LogP contribution is -2.50. The Morgan fingerprint density at radius 3 is 2.30 bits per heavy atom. The fourth-order valence-corrected chi connectivity index (χ4v) is 3.49. The van der Waals surface area contributed by atoms with Gasteiger partial charge in [0, 0.05) is 30.4 Å². The van der Waals surface area contributed by atoms with Crippen molar-refractivity contribution >= 4 is 17.6 Å². The highest BCUT2D eigenvalue weighted by Crippen LogP contribution is 2.21. The Labute approximate surface area is 163 Å². The first kappa shape index (κ1) is 21.2. The molecule has 2 rings (SSSR count). The largest absolute Gasteiger partial charge is 0.352 e. The molecule has 6 heteroatoms. The molecule has 1 atom stereocenters. The number of piperidine rings is 1. The molecule has 0 aliphatic carbocycles. The van der Waals surface area contributed by atoms with Crippen molar-refractivity contribution in [2.75, 3.05) is 31.5 Å².